The lowest BCUT2D eigenvalue weighted by molar-refractivity contribution is -0.130. The molecule has 3 atom stereocenters. The minimum absolute atomic E-state index is 0.159. The lowest BCUT2D eigenvalue weighted by Gasteiger charge is -2.35. The number of rotatable bonds is 6. The van der Waals surface area contributed by atoms with Gasteiger partial charge in [0.05, 0.1) is 12.2 Å². The predicted octanol–water partition coefficient (Wildman–Crippen LogP) is 0.433. The summed E-state index contributed by atoms with van der Waals surface area (Å²) in [4.78, 5) is 13.6. The van der Waals surface area contributed by atoms with E-state index in [1.807, 2.05) is 27.7 Å². The molecule has 0 saturated carbocycles. The number of hydrogen-bond acceptors (Lipinski definition) is 4. The molecule has 0 aromatic heterocycles. The van der Waals surface area contributed by atoms with Crippen LogP contribution in [0.3, 0.4) is 0 Å². The summed E-state index contributed by atoms with van der Waals surface area (Å²) >= 11 is 0. The van der Waals surface area contributed by atoms with Crippen molar-refractivity contribution < 1.29 is 17.9 Å². The fourth-order valence-electron chi connectivity index (χ4n) is 2.56. The van der Waals surface area contributed by atoms with Crippen LogP contribution >= 0.6 is 0 Å². The number of nitrogens with one attached hydrogen (secondary N) is 1. The van der Waals surface area contributed by atoms with E-state index in [1.54, 1.807) is 14.1 Å². The van der Waals surface area contributed by atoms with Crippen molar-refractivity contribution in [3.05, 3.63) is 0 Å². The largest absolute Gasteiger partial charge is 0.373 e. The highest BCUT2D eigenvalue weighted by molar-refractivity contribution is 7.87. The van der Waals surface area contributed by atoms with Gasteiger partial charge in [-0.05, 0) is 26.2 Å². The minimum atomic E-state index is -3.72. The van der Waals surface area contributed by atoms with E-state index in [9.17, 15) is 13.2 Å². The molecule has 130 valence electrons. The first-order valence-electron chi connectivity index (χ1n) is 7.67. The van der Waals surface area contributed by atoms with Gasteiger partial charge in [-0.1, -0.05) is 13.8 Å². The van der Waals surface area contributed by atoms with Crippen molar-refractivity contribution in [2.75, 3.05) is 27.2 Å². The van der Waals surface area contributed by atoms with E-state index < -0.39 is 16.3 Å². The van der Waals surface area contributed by atoms with Gasteiger partial charge in [0, 0.05) is 27.2 Å². The topological polar surface area (TPSA) is 79.0 Å². The molecular weight excluding hydrogens is 306 g/mol. The molecule has 22 heavy (non-hydrogen) atoms. The molecule has 7 nitrogen and oxygen atoms in total. The first kappa shape index (κ1) is 19.3. The lowest BCUT2D eigenvalue weighted by Crippen LogP contribution is -2.56. The maximum atomic E-state index is 12.6. The number of nitrogens with zero attached hydrogens (tertiary/aromatic N) is 2. The van der Waals surface area contributed by atoms with Crippen LogP contribution in [0.5, 0.6) is 0 Å². The van der Waals surface area contributed by atoms with Gasteiger partial charge in [0.1, 0.15) is 6.04 Å². The fourth-order valence-corrected chi connectivity index (χ4v) is 4.08. The first-order valence-corrected chi connectivity index (χ1v) is 9.11. The number of hydrogen-bond donors (Lipinski definition) is 1. The second kappa shape index (κ2) is 7.72. The molecule has 1 rings (SSSR count). The minimum Gasteiger partial charge on any atom is -0.373 e. The van der Waals surface area contributed by atoms with Crippen LogP contribution < -0.4 is 4.72 Å². The molecule has 0 aliphatic carbocycles. The highest BCUT2D eigenvalue weighted by atomic mass is 32.2. The van der Waals surface area contributed by atoms with Crippen molar-refractivity contribution >= 4 is 16.1 Å². The zero-order valence-corrected chi connectivity index (χ0v) is 15.2. The Balaban J connectivity index is 2.87. The summed E-state index contributed by atoms with van der Waals surface area (Å²) in [5, 5.41) is 0. The molecular formula is C14H29N3O4S. The summed E-state index contributed by atoms with van der Waals surface area (Å²) in [7, 11) is -0.461. The van der Waals surface area contributed by atoms with Crippen molar-refractivity contribution in [1.29, 1.82) is 0 Å². The summed E-state index contributed by atoms with van der Waals surface area (Å²) in [5.41, 5.74) is 0. The van der Waals surface area contributed by atoms with E-state index in [4.69, 9.17) is 4.74 Å². The molecule has 1 amide bonds. The normalized spacial score (nSPS) is 25.2. The number of carbonyl (C=O) groups excluding carboxylic acids is 1. The van der Waals surface area contributed by atoms with Gasteiger partial charge in [-0.3, -0.25) is 4.79 Å². The average Bonchev–Trinajstić information content (AvgIpc) is 2.34. The Morgan fingerprint density at radius 3 is 2.18 bits per heavy atom. The van der Waals surface area contributed by atoms with Gasteiger partial charge in [0.2, 0.25) is 5.91 Å². The Morgan fingerprint density at radius 2 is 1.77 bits per heavy atom. The third-order valence-electron chi connectivity index (χ3n) is 3.46. The van der Waals surface area contributed by atoms with Gasteiger partial charge in [-0.15, -0.1) is 0 Å². The van der Waals surface area contributed by atoms with Crippen LogP contribution in [0, 0.1) is 5.92 Å². The molecule has 0 radical (unpaired) electrons. The highest BCUT2D eigenvalue weighted by Gasteiger charge is 2.34. The monoisotopic (exact) mass is 335 g/mol. The second-order valence-corrected chi connectivity index (χ2v) is 8.31. The van der Waals surface area contributed by atoms with E-state index >= 15 is 0 Å². The zero-order valence-electron chi connectivity index (χ0n) is 14.4. The van der Waals surface area contributed by atoms with Crippen molar-refractivity contribution in [3.63, 3.8) is 0 Å². The molecule has 1 fully saturated rings. The SMILES string of the molecule is CC(C)C[C@H](NS(=O)(=O)N1C[C@@H](C)O[C@H](C)C1)C(=O)N(C)C. The van der Waals surface area contributed by atoms with Crippen LogP contribution in [0.25, 0.3) is 0 Å². The predicted molar refractivity (Wildman–Crippen MR) is 85.6 cm³/mol. The summed E-state index contributed by atoms with van der Waals surface area (Å²) in [6.45, 7) is 8.20. The van der Waals surface area contributed by atoms with Crippen molar-refractivity contribution in [2.24, 2.45) is 5.92 Å². The van der Waals surface area contributed by atoms with Crippen molar-refractivity contribution in [3.8, 4) is 0 Å². The van der Waals surface area contributed by atoms with Gasteiger partial charge < -0.3 is 9.64 Å². The highest BCUT2D eigenvalue weighted by Crippen LogP contribution is 2.15. The molecule has 0 bridgehead atoms. The summed E-state index contributed by atoms with van der Waals surface area (Å²) in [6, 6.07) is -0.742. The number of carbonyl (C=O) groups is 1. The van der Waals surface area contributed by atoms with Crippen molar-refractivity contribution in [1.82, 2.24) is 13.9 Å². The van der Waals surface area contributed by atoms with Crippen LogP contribution in [0.2, 0.25) is 0 Å². The summed E-state index contributed by atoms with van der Waals surface area (Å²) in [6.07, 6.45) is 0.146. The van der Waals surface area contributed by atoms with Crippen LogP contribution in [-0.4, -0.2) is 69.0 Å². The maximum Gasteiger partial charge on any atom is 0.280 e. The second-order valence-electron chi connectivity index (χ2n) is 6.61. The quantitative estimate of drug-likeness (QED) is 0.764. The zero-order chi connectivity index (χ0) is 17.1. The Bertz CT molecular complexity index is 468. The molecule has 1 aliphatic rings. The fraction of sp³-hybridized carbons (Fsp3) is 0.929. The molecule has 0 spiro atoms. The number of ether oxygens (including phenoxy) is 1. The standard InChI is InChI=1S/C14H29N3O4S/c1-10(2)7-13(14(18)16(5)6)15-22(19,20)17-8-11(3)21-12(4)9-17/h10-13,15H,7-9H2,1-6H3/t11-,12-,13+/m1/s1. The Kier molecular flexibility index (Phi) is 6.79. The molecule has 0 aromatic carbocycles. The Hall–Kier alpha value is -0.700. The lowest BCUT2D eigenvalue weighted by atomic mass is 10.0. The molecule has 1 aliphatic heterocycles. The third kappa shape index (κ3) is 5.49. The van der Waals surface area contributed by atoms with Crippen LogP contribution in [-0.2, 0) is 19.7 Å². The molecule has 1 N–H and O–H groups in total. The van der Waals surface area contributed by atoms with Crippen molar-refractivity contribution in [2.45, 2.75) is 52.4 Å². The van der Waals surface area contributed by atoms with E-state index in [0.29, 0.717) is 19.5 Å². The Labute approximate surface area is 134 Å². The van der Waals surface area contributed by atoms with Gasteiger partial charge in [-0.2, -0.15) is 17.4 Å². The molecule has 0 unspecified atom stereocenters. The van der Waals surface area contributed by atoms with Gasteiger partial charge in [0.25, 0.3) is 10.2 Å². The average molecular weight is 335 g/mol. The van der Waals surface area contributed by atoms with E-state index in [2.05, 4.69) is 4.72 Å². The van der Waals surface area contributed by atoms with Crippen LogP contribution in [0.15, 0.2) is 0 Å². The van der Waals surface area contributed by atoms with Gasteiger partial charge >= 0.3 is 0 Å². The van der Waals surface area contributed by atoms with E-state index in [1.165, 1.54) is 9.21 Å². The smallest absolute Gasteiger partial charge is 0.280 e. The van der Waals surface area contributed by atoms with Crippen LogP contribution in [0.4, 0.5) is 0 Å². The maximum absolute atomic E-state index is 12.6. The first-order chi connectivity index (χ1) is 10.0. The third-order valence-corrected chi connectivity index (χ3v) is 5.02. The Morgan fingerprint density at radius 1 is 1.27 bits per heavy atom. The molecule has 8 heteroatoms. The molecule has 1 saturated heterocycles. The van der Waals surface area contributed by atoms with Crippen LogP contribution in [0.1, 0.15) is 34.1 Å². The number of likely N-dealkylation sites (N-methyl/N-ethyl adjacent to an activating group) is 1. The molecule has 1 heterocycles. The van der Waals surface area contributed by atoms with E-state index in [0.717, 1.165) is 0 Å². The summed E-state index contributed by atoms with van der Waals surface area (Å²) in [5.74, 6) is -0.0224. The van der Waals surface area contributed by atoms with Gasteiger partial charge in [0.15, 0.2) is 0 Å². The molecule has 0 aromatic rings. The van der Waals surface area contributed by atoms with E-state index in [-0.39, 0.29) is 24.0 Å². The number of morpholine rings is 1. The number of amides is 1. The van der Waals surface area contributed by atoms with Gasteiger partial charge in [-0.25, -0.2) is 0 Å². The summed E-state index contributed by atoms with van der Waals surface area (Å²) < 4.78 is 34.7.